The van der Waals surface area contributed by atoms with Gasteiger partial charge in [-0.1, -0.05) is 30.7 Å². The molecule has 0 spiro atoms. The summed E-state index contributed by atoms with van der Waals surface area (Å²) >= 11 is 6.28. The number of nitrogens with zero attached hydrogens (tertiary/aromatic N) is 5. The van der Waals surface area contributed by atoms with Crippen LogP contribution in [0.1, 0.15) is 23.7 Å². The van der Waals surface area contributed by atoms with Crippen molar-refractivity contribution in [2.75, 3.05) is 11.4 Å². The van der Waals surface area contributed by atoms with E-state index < -0.39 is 0 Å². The zero-order valence-electron chi connectivity index (χ0n) is 14.0. The lowest BCUT2D eigenvalue weighted by Gasteiger charge is -2.35. The number of fused-ring (bicyclic) bond motifs is 1. The van der Waals surface area contributed by atoms with Gasteiger partial charge in [0.15, 0.2) is 5.75 Å². The fourth-order valence-electron chi connectivity index (χ4n) is 2.95. The molecule has 0 bridgehead atoms. The largest absolute Gasteiger partial charge is 0.485 e. The molecule has 2 heterocycles. The quantitative estimate of drug-likeness (QED) is 0.709. The molecule has 8 heteroatoms. The molecule has 0 unspecified atom stereocenters. The van der Waals surface area contributed by atoms with Gasteiger partial charge in [0.25, 0.3) is 5.91 Å². The van der Waals surface area contributed by atoms with E-state index in [4.69, 9.17) is 16.3 Å². The summed E-state index contributed by atoms with van der Waals surface area (Å²) in [6, 6.07) is 12.6. The number of benzene rings is 2. The smallest absolute Gasteiger partial charge is 0.258 e. The average molecular weight is 370 g/mol. The number of halogens is 1. The molecule has 0 aliphatic carbocycles. The van der Waals surface area contributed by atoms with E-state index >= 15 is 0 Å². The second-order valence-electron chi connectivity index (χ2n) is 5.96. The van der Waals surface area contributed by atoms with E-state index in [0.717, 1.165) is 6.42 Å². The van der Waals surface area contributed by atoms with Crippen molar-refractivity contribution in [2.45, 2.75) is 19.4 Å². The third-order valence-electron chi connectivity index (χ3n) is 4.31. The molecule has 0 saturated carbocycles. The number of carbonyl (C=O) groups excluding carboxylic acids is 1. The van der Waals surface area contributed by atoms with Crippen LogP contribution in [0.5, 0.6) is 5.75 Å². The zero-order valence-corrected chi connectivity index (χ0v) is 14.8. The van der Waals surface area contributed by atoms with Crippen LogP contribution in [0.3, 0.4) is 0 Å². The molecule has 1 aliphatic heterocycles. The minimum atomic E-state index is -0.120. The predicted octanol–water partition coefficient (Wildman–Crippen LogP) is 3.13. The summed E-state index contributed by atoms with van der Waals surface area (Å²) < 4.78 is 7.46. The topological polar surface area (TPSA) is 73.1 Å². The molecular formula is C18H16ClN5O2. The van der Waals surface area contributed by atoms with E-state index in [1.807, 2.05) is 25.1 Å². The van der Waals surface area contributed by atoms with Crippen LogP contribution in [0.2, 0.25) is 5.02 Å². The van der Waals surface area contributed by atoms with Crippen molar-refractivity contribution in [3.8, 4) is 11.4 Å². The van der Waals surface area contributed by atoms with Crippen LogP contribution >= 0.6 is 11.6 Å². The van der Waals surface area contributed by atoms with Crippen molar-refractivity contribution in [1.29, 1.82) is 0 Å². The number of aromatic nitrogens is 4. The molecule has 0 fully saturated rings. The first-order valence-electron chi connectivity index (χ1n) is 8.28. The van der Waals surface area contributed by atoms with Crippen LogP contribution in [0.25, 0.3) is 5.69 Å². The van der Waals surface area contributed by atoms with E-state index in [-0.39, 0.29) is 12.0 Å². The van der Waals surface area contributed by atoms with Gasteiger partial charge in [0.2, 0.25) is 0 Å². The van der Waals surface area contributed by atoms with Gasteiger partial charge in [-0.3, -0.25) is 4.79 Å². The lowest BCUT2D eigenvalue weighted by atomic mass is 10.1. The van der Waals surface area contributed by atoms with E-state index in [2.05, 4.69) is 15.5 Å². The minimum Gasteiger partial charge on any atom is -0.485 e. The summed E-state index contributed by atoms with van der Waals surface area (Å²) in [6.45, 7) is 2.49. The van der Waals surface area contributed by atoms with Crippen LogP contribution in [0.4, 0.5) is 5.69 Å². The van der Waals surface area contributed by atoms with Gasteiger partial charge in [-0.2, -0.15) is 0 Å². The Morgan fingerprint density at radius 1 is 1.31 bits per heavy atom. The van der Waals surface area contributed by atoms with E-state index in [0.29, 0.717) is 34.3 Å². The molecule has 132 valence electrons. The van der Waals surface area contributed by atoms with E-state index in [1.165, 1.54) is 11.0 Å². The third-order valence-corrected chi connectivity index (χ3v) is 4.61. The van der Waals surface area contributed by atoms with Crippen LogP contribution < -0.4 is 9.64 Å². The fraction of sp³-hybridized carbons (Fsp3) is 0.222. The number of para-hydroxylation sites is 1. The first-order valence-corrected chi connectivity index (χ1v) is 8.65. The Labute approximate surface area is 155 Å². The molecular weight excluding hydrogens is 354 g/mol. The van der Waals surface area contributed by atoms with Gasteiger partial charge in [-0.25, -0.2) is 4.68 Å². The molecule has 0 N–H and O–H groups in total. The minimum absolute atomic E-state index is 0.103. The predicted molar refractivity (Wildman–Crippen MR) is 97.0 cm³/mol. The summed E-state index contributed by atoms with van der Waals surface area (Å²) in [5.41, 5.74) is 1.94. The molecule has 3 aromatic rings. The second kappa shape index (κ2) is 6.76. The molecule has 7 nitrogen and oxygen atoms in total. The van der Waals surface area contributed by atoms with Crippen molar-refractivity contribution in [1.82, 2.24) is 20.2 Å². The fourth-order valence-corrected chi connectivity index (χ4v) is 3.17. The SMILES string of the molecule is CC[C@@H]1CN(C(=O)c2cccc(-n3cnnn3)c2)c2cccc(Cl)c2O1. The maximum Gasteiger partial charge on any atom is 0.258 e. The Kier molecular flexibility index (Phi) is 4.30. The normalized spacial score (nSPS) is 16.1. The standard InChI is InChI=1S/C18H16ClN5O2/c1-2-14-10-23(16-8-4-7-15(19)17(16)26-14)18(25)12-5-3-6-13(9-12)24-11-20-21-22-24/h3-9,11,14H,2,10H2,1H3/t14-/m1/s1. The number of carbonyl (C=O) groups is 1. The number of anilines is 1. The first kappa shape index (κ1) is 16.5. The van der Waals surface area contributed by atoms with Gasteiger partial charge < -0.3 is 9.64 Å². The summed E-state index contributed by atoms with van der Waals surface area (Å²) in [6.07, 6.45) is 2.16. The molecule has 1 aromatic heterocycles. The maximum absolute atomic E-state index is 13.2. The van der Waals surface area contributed by atoms with E-state index in [9.17, 15) is 4.79 Å². The van der Waals surface area contributed by atoms with Crippen molar-refractivity contribution in [2.24, 2.45) is 0 Å². The number of hydrogen-bond acceptors (Lipinski definition) is 5. The van der Waals surface area contributed by atoms with Crippen LogP contribution in [0, 0.1) is 0 Å². The highest BCUT2D eigenvalue weighted by Gasteiger charge is 2.31. The van der Waals surface area contributed by atoms with Crippen molar-refractivity contribution in [3.05, 3.63) is 59.4 Å². The lowest BCUT2D eigenvalue weighted by molar-refractivity contribution is 0.0954. The second-order valence-corrected chi connectivity index (χ2v) is 6.36. The van der Waals surface area contributed by atoms with E-state index in [1.54, 1.807) is 29.2 Å². The Bertz CT molecular complexity index is 945. The van der Waals surface area contributed by atoms with Crippen LogP contribution in [-0.2, 0) is 0 Å². The molecule has 2 aromatic carbocycles. The molecule has 0 saturated heterocycles. The van der Waals surface area contributed by atoms with Gasteiger partial charge in [-0.05, 0) is 47.2 Å². The highest BCUT2D eigenvalue weighted by molar-refractivity contribution is 6.32. The number of tetrazole rings is 1. The van der Waals surface area contributed by atoms with Crippen LogP contribution in [0.15, 0.2) is 48.8 Å². The Balaban J connectivity index is 1.73. The first-order chi connectivity index (χ1) is 12.7. The van der Waals surface area contributed by atoms with Crippen molar-refractivity contribution < 1.29 is 9.53 Å². The van der Waals surface area contributed by atoms with Gasteiger partial charge in [0.05, 0.1) is 22.9 Å². The Morgan fingerprint density at radius 2 is 2.15 bits per heavy atom. The Hall–Kier alpha value is -2.93. The molecule has 1 aliphatic rings. The monoisotopic (exact) mass is 369 g/mol. The lowest BCUT2D eigenvalue weighted by Crippen LogP contribution is -2.43. The molecule has 1 atom stereocenters. The molecule has 0 radical (unpaired) electrons. The average Bonchev–Trinajstić information content (AvgIpc) is 3.22. The number of amides is 1. The van der Waals surface area contributed by atoms with Gasteiger partial charge in [-0.15, -0.1) is 5.10 Å². The number of rotatable bonds is 3. The summed E-state index contributed by atoms with van der Waals surface area (Å²) in [5, 5.41) is 11.6. The highest BCUT2D eigenvalue weighted by Crippen LogP contribution is 2.40. The highest BCUT2D eigenvalue weighted by atomic mass is 35.5. The number of ether oxygens (including phenoxy) is 1. The molecule has 1 amide bonds. The summed E-state index contributed by atoms with van der Waals surface area (Å²) in [7, 11) is 0. The van der Waals surface area contributed by atoms with Crippen molar-refractivity contribution >= 4 is 23.2 Å². The maximum atomic E-state index is 13.2. The summed E-state index contributed by atoms with van der Waals surface area (Å²) in [5.74, 6) is 0.433. The van der Waals surface area contributed by atoms with Crippen LogP contribution in [-0.4, -0.2) is 38.8 Å². The zero-order chi connectivity index (χ0) is 18.1. The van der Waals surface area contributed by atoms with Gasteiger partial charge in [0.1, 0.15) is 12.4 Å². The van der Waals surface area contributed by atoms with Gasteiger partial charge >= 0.3 is 0 Å². The summed E-state index contributed by atoms with van der Waals surface area (Å²) in [4.78, 5) is 14.9. The molecule has 4 rings (SSSR count). The van der Waals surface area contributed by atoms with Crippen molar-refractivity contribution in [3.63, 3.8) is 0 Å². The Morgan fingerprint density at radius 3 is 2.92 bits per heavy atom. The third kappa shape index (κ3) is 2.90. The molecule has 26 heavy (non-hydrogen) atoms. The van der Waals surface area contributed by atoms with Gasteiger partial charge in [0, 0.05) is 5.56 Å². The number of hydrogen-bond donors (Lipinski definition) is 0.